The molecular weight excluding hydrogens is 394 g/mol. The lowest BCUT2D eigenvalue weighted by molar-refractivity contribution is -0.130. The van der Waals surface area contributed by atoms with Gasteiger partial charge in [-0.2, -0.15) is 5.10 Å². The topological polar surface area (TPSA) is 79.7 Å². The minimum absolute atomic E-state index is 0.00407. The number of amides is 2. The third kappa shape index (κ3) is 5.73. The third-order valence-electron chi connectivity index (χ3n) is 5.51. The lowest BCUT2D eigenvalue weighted by Gasteiger charge is -2.29. The summed E-state index contributed by atoms with van der Waals surface area (Å²) in [5.74, 6) is -0.431. The summed E-state index contributed by atoms with van der Waals surface area (Å²) >= 11 is 0. The second-order valence-electron chi connectivity index (χ2n) is 7.59. The molecule has 0 aliphatic carbocycles. The number of aryl methyl sites for hydroxylation is 2. The van der Waals surface area contributed by atoms with Crippen LogP contribution in [-0.4, -0.2) is 65.9 Å². The van der Waals surface area contributed by atoms with Crippen LogP contribution in [0.1, 0.15) is 23.9 Å². The monoisotopic (exact) mass is 425 g/mol. The first-order valence-electron chi connectivity index (χ1n) is 10.6. The van der Waals surface area contributed by atoms with Crippen molar-refractivity contribution in [2.24, 2.45) is 7.05 Å². The number of anilines is 2. The van der Waals surface area contributed by atoms with Gasteiger partial charge >= 0.3 is 0 Å². The maximum Gasteiger partial charge on any atom is 0.247 e. The van der Waals surface area contributed by atoms with Crippen molar-refractivity contribution in [2.45, 2.75) is 20.8 Å². The standard InChI is InChI=1S/C23H31N5O3/c1-5-27(23(30)11-10-21-17(2)25-26(4)18(21)3)16-22(29)24-19-6-8-20(9-7-19)28-12-14-31-15-13-28/h6-11H,5,12-16H2,1-4H3,(H,24,29). The van der Waals surface area contributed by atoms with Crippen LogP contribution in [0.2, 0.25) is 0 Å². The normalized spacial score (nSPS) is 14.1. The van der Waals surface area contributed by atoms with Crippen LogP contribution in [-0.2, 0) is 21.4 Å². The number of benzene rings is 1. The Balaban J connectivity index is 1.56. The highest BCUT2D eigenvalue weighted by atomic mass is 16.5. The van der Waals surface area contributed by atoms with Gasteiger partial charge in [-0.15, -0.1) is 0 Å². The maximum absolute atomic E-state index is 12.6. The molecule has 3 rings (SSSR count). The summed E-state index contributed by atoms with van der Waals surface area (Å²) in [6, 6.07) is 7.75. The number of rotatable bonds is 7. The first-order valence-corrected chi connectivity index (χ1v) is 10.6. The molecule has 2 heterocycles. The van der Waals surface area contributed by atoms with E-state index in [0.29, 0.717) is 12.2 Å². The van der Waals surface area contributed by atoms with Crippen LogP contribution >= 0.6 is 0 Å². The highest BCUT2D eigenvalue weighted by Crippen LogP contribution is 2.19. The smallest absolute Gasteiger partial charge is 0.247 e. The predicted octanol–water partition coefficient (Wildman–Crippen LogP) is 2.37. The van der Waals surface area contributed by atoms with Gasteiger partial charge < -0.3 is 19.9 Å². The number of carbonyl (C=O) groups is 2. The molecule has 0 bridgehead atoms. The molecule has 1 fully saturated rings. The molecule has 1 aromatic carbocycles. The van der Waals surface area contributed by atoms with Gasteiger partial charge in [0.05, 0.1) is 18.9 Å². The quantitative estimate of drug-likeness (QED) is 0.689. The summed E-state index contributed by atoms with van der Waals surface area (Å²) in [4.78, 5) is 28.9. The Morgan fingerprint density at radius 1 is 1.19 bits per heavy atom. The predicted molar refractivity (Wildman–Crippen MR) is 122 cm³/mol. The van der Waals surface area contributed by atoms with Crippen LogP contribution in [0.15, 0.2) is 30.3 Å². The number of hydrogen-bond donors (Lipinski definition) is 1. The number of ether oxygens (including phenoxy) is 1. The SMILES string of the molecule is CCN(CC(=O)Nc1ccc(N2CCOCC2)cc1)C(=O)C=Cc1c(C)nn(C)c1C. The van der Waals surface area contributed by atoms with E-state index in [1.54, 1.807) is 10.8 Å². The number of carbonyl (C=O) groups excluding carboxylic acids is 2. The lowest BCUT2D eigenvalue weighted by Crippen LogP contribution is -2.37. The second kappa shape index (κ2) is 10.3. The summed E-state index contributed by atoms with van der Waals surface area (Å²) in [6.07, 6.45) is 3.27. The molecule has 2 aromatic rings. The first kappa shape index (κ1) is 22.6. The van der Waals surface area contributed by atoms with Crippen molar-refractivity contribution in [1.82, 2.24) is 14.7 Å². The van der Waals surface area contributed by atoms with Crippen molar-refractivity contribution in [2.75, 3.05) is 49.6 Å². The largest absolute Gasteiger partial charge is 0.378 e. The number of morpholine rings is 1. The molecule has 2 amide bonds. The molecule has 0 spiro atoms. The van der Waals surface area contributed by atoms with Crippen molar-refractivity contribution in [1.29, 1.82) is 0 Å². The fourth-order valence-corrected chi connectivity index (χ4v) is 3.59. The number of hydrogen-bond acceptors (Lipinski definition) is 5. The van der Waals surface area contributed by atoms with E-state index >= 15 is 0 Å². The molecule has 0 atom stereocenters. The van der Waals surface area contributed by atoms with Gasteiger partial charge in [-0.05, 0) is 51.1 Å². The second-order valence-corrected chi connectivity index (χ2v) is 7.59. The zero-order valence-corrected chi connectivity index (χ0v) is 18.7. The molecule has 8 heteroatoms. The zero-order valence-electron chi connectivity index (χ0n) is 18.7. The van der Waals surface area contributed by atoms with Crippen molar-refractivity contribution in [3.05, 3.63) is 47.3 Å². The molecule has 0 saturated carbocycles. The lowest BCUT2D eigenvalue weighted by atomic mass is 10.2. The van der Waals surface area contributed by atoms with Crippen molar-refractivity contribution >= 4 is 29.3 Å². The van der Waals surface area contributed by atoms with Crippen LogP contribution in [0.4, 0.5) is 11.4 Å². The Labute approximate surface area is 183 Å². The first-order chi connectivity index (χ1) is 14.9. The van der Waals surface area contributed by atoms with Gasteiger partial charge in [-0.1, -0.05) is 0 Å². The average molecular weight is 426 g/mol. The molecule has 1 aromatic heterocycles. The fraction of sp³-hybridized carbons (Fsp3) is 0.435. The summed E-state index contributed by atoms with van der Waals surface area (Å²) in [7, 11) is 1.87. The Morgan fingerprint density at radius 3 is 2.45 bits per heavy atom. The number of aromatic nitrogens is 2. The van der Waals surface area contributed by atoms with Gasteiger partial charge in [0, 0.05) is 55.4 Å². The molecule has 1 aliphatic rings. The van der Waals surface area contributed by atoms with Gasteiger partial charge in [0.25, 0.3) is 0 Å². The van der Waals surface area contributed by atoms with Gasteiger partial charge in [-0.3, -0.25) is 14.3 Å². The fourth-order valence-electron chi connectivity index (χ4n) is 3.59. The van der Waals surface area contributed by atoms with Gasteiger partial charge in [0.1, 0.15) is 6.54 Å². The van der Waals surface area contributed by atoms with E-state index in [-0.39, 0.29) is 18.4 Å². The molecule has 166 valence electrons. The van der Waals surface area contributed by atoms with Crippen LogP contribution in [0.5, 0.6) is 0 Å². The maximum atomic E-state index is 12.6. The van der Waals surface area contributed by atoms with Crippen molar-refractivity contribution < 1.29 is 14.3 Å². The number of nitrogens with one attached hydrogen (secondary N) is 1. The van der Waals surface area contributed by atoms with E-state index in [1.165, 1.54) is 11.0 Å². The van der Waals surface area contributed by atoms with E-state index < -0.39 is 0 Å². The zero-order chi connectivity index (χ0) is 22.4. The summed E-state index contributed by atoms with van der Waals surface area (Å²) in [6.45, 7) is 9.35. The van der Waals surface area contributed by atoms with Crippen LogP contribution in [0.3, 0.4) is 0 Å². The molecule has 1 N–H and O–H groups in total. The van der Waals surface area contributed by atoms with E-state index in [0.717, 1.165) is 48.9 Å². The van der Waals surface area contributed by atoms with Crippen molar-refractivity contribution in [3.63, 3.8) is 0 Å². The summed E-state index contributed by atoms with van der Waals surface area (Å²) in [5.41, 5.74) is 4.60. The minimum atomic E-state index is -0.225. The molecule has 1 aliphatic heterocycles. The molecule has 8 nitrogen and oxygen atoms in total. The molecule has 0 radical (unpaired) electrons. The minimum Gasteiger partial charge on any atom is -0.378 e. The average Bonchev–Trinajstić information content (AvgIpc) is 3.02. The molecule has 0 unspecified atom stereocenters. The third-order valence-corrected chi connectivity index (χ3v) is 5.51. The van der Waals surface area contributed by atoms with E-state index in [2.05, 4.69) is 15.3 Å². The van der Waals surface area contributed by atoms with E-state index in [1.807, 2.05) is 52.1 Å². The highest BCUT2D eigenvalue weighted by molar-refractivity contribution is 5.98. The van der Waals surface area contributed by atoms with Crippen LogP contribution in [0.25, 0.3) is 6.08 Å². The van der Waals surface area contributed by atoms with E-state index in [9.17, 15) is 9.59 Å². The van der Waals surface area contributed by atoms with Crippen molar-refractivity contribution in [3.8, 4) is 0 Å². The van der Waals surface area contributed by atoms with Crippen LogP contribution < -0.4 is 10.2 Å². The van der Waals surface area contributed by atoms with Gasteiger partial charge in [0.2, 0.25) is 11.8 Å². The van der Waals surface area contributed by atoms with Gasteiger partial charge in [0.15, 0.2) is 0 Å². The number of nitrogens with zero attached hydrogens (tertiary/aromatic N) is 4. The molecule has 1 saturated heterocycles. The number of likely N-dealkylation sites (N-methyl/N-ethyl adjacent to an activating group) is 1. The Hall–Kier alpha value is -3.13. The summed E-state index contributed by atoms with van der Waals surface area (Å²) in [5, 5.41) is 7.23. The van der Waals surface area contributed by atoms with E-state index in [4.69, 9.17) is 4.74 Å². The summed E-state index contributed by atoms with van der Waals surface area (Å²) < 4.78 is 7.17. The molecular formula is C23H31N5O3. The highest BCUT2D eigenvalue weighted by Gasteiger charge is 2.15. The van der Waals surface area contributed by atoms with Crippen LogP contribution in [0, 0.1) is 13.8 Å². The Bertz CT molecular complexity index is 943. The van der Waals surface area contributed by atoms with Gasteiger partial charge in [-0.25, -0.2) is 0 Å². The Kier molecular flexibility index (Phi) is 7.46. The Morgan fingerprint density at radius 2 is 1.87 bits per heavy atom. The molecule has 31 heavy (non-hydrogen) atoms.